The maximum absolute atomic E-state index is 12.1. The number of hydrogen-bond acceptors (Lipinski definition) is 4. The number of rotatable bonds is 6. The third-order valence-corrected chi connectivity index (χ3v) is 2.87. The quantitative estimate of drug-likeness (QED) is 0.570. The molecule has 0 saturated carbocycles. The van der Waals surface area contributed by atoms with E-state index in [0.29, 0.717) is 5.56 Å². The van der Waals surface area contributed by atoms with E-state index in [0.717, 1.165) is 0 Å². The molecule has 1 rings (SSSR count). The third kappa shape index (κ3) is 3.77. The van der Waals surface area contributed by atoms with Crippen molar-refractivity contribution in [2.75, 3.05) is 6.61 Å². The van der Waals surface area contributed by atoms with Crippen LogP contribution >= 0.6 is 0 Å². The molecule has 0 aliphatic rings. The summed E-state index contributed by atoms with van der Waals surface area (Å²) in [5.41, 5.74) is 5.21. The van der Waals surface area contributed by atoms with E-state index in [1.54, 1.807) is 30.3 Å². The summed E-state index contributed by atoms with van der Waals surface area (Å²) in [7, 11) is 0. The Balaban J connectivity index is 2.84. The van der Waals surface area contributed by atoms with Gasteiger partial charge in [-0.05, 0) is 12.5 Å². The fourth-order valence-corrected chi connectivity index (χ4v) is 1.61. The van der Waals surface area contributed by atoms with E-state index in [9.17, 15) is 9.59 Å². The first-order valence-corrected chi connectivity index (χ1v) is 5.88. The van der Waals surface area contributed by atoms with E-state index in [1.807, 2.05) is 0 Å². The Hall–Kier alpha value is -1.92. The number of carbonyl (C=O) groups is 2. The summed E-state index contributed by atoms with van der Waals surface area (Å²) >= 11 is 0. The second kappa shape index (κ2) is 6.31. The van der Waals surface area contributed by atoms with Crippen LogP contribution in [0.2, 0.25) is 0 Å². The number of amides is 1. The van der Waals surface area contributed by atoms with Crippen LogP contribution in [-0.4, -0.2) is 34.7 Å². The zero-order chi connectivity index (χ0) is 14.5. The summed E-state index contributed by atoms with van der Waals surface area (Å²) < 4.78 is 0. The highest BCUT2D eigenvalue weighted by Gasteiger charge is 2.33. The monoisotopic (exact) mass is 266 g/mol. The van der Waals surface area contributed by atoms with Gasteiger partial charge in [-0.3, -0.25) is 4.79 Å². The molecule has 1 unspecified atom stereocenters. The van der Waals surface area contributed by atoms with Crippen LogP contribution in [0.5, 0.6) is 0 Å². The molecule has 0 heterocycles. The van der Waals surface area contributed by atoms with Gasteiger partial charge in [0, 0.05) is 13.0 Å². The number of carbonyl (C=O) groups excluding carboxylic acids is 1. The van der Waals surface area contributed by atoms with Gasteiger partial charge in [0.05, 0.1) is 0 Å². The van der Waals surface area contributed by atoms with E-state index in [4.69, 9.17) is 15.9 Å². The lowest BCUT2D eigenvalue weighted by atomic mass is 9.92. The summed E-state index contributed by atoms with van der Waals surface area (Å²) in [4.78, 5) is 23.0. The Morgan fingerprint density at radius 1 is 1.37 bits per heavy atom. The molecule has 1 aromatic carbocycles. The molecular formula is C13H18N2O4. The molecule has 1 amide bonds. The number of nitrogens with one attached hydrogen (secondary N) is 1. The minimum Gasteiger partial charge on any atom is -0.480 e. The van der Waals surface area contributed by atoms with Crippen LogP contribution in [0.1, 0.15) is 18.9 Å². The van der Waals surface area contributed by atoms with Crippen LogP contribution in [0.15, 0.2) is 30.3 Å². The number of aliphatic hydroxyl groups is 1. The van der Waals surface area contributed by atoms with Crippen molar-refractivity contribution in [3.05, 3.63) is 35.9 Å². The molecule has 0 aliphatic carbocycles. The minimum atomic E-state index is -1.33. The van der Waals surface area contributed by atoms with Crippen LogP contribution in [0, 0.1) is 0 Å². The zero-order valence-electron chi connectivity index (χ0n) is 10.7. The second-order valence-corrected chi connectivity index (χ2v) is 4.44. The Morgan fingerprint density at radius 3 is 2.42 bits per heavy atom. The summed E-state index contributed by atoms with van der Waals surface area (Å²) in [6, 6.07) is 7.53. The highest BCUT2D eigenvalue weighted by molar-refractivity contribution is 5.90. The van der Waals surface area contributed by atoms with Gasteiger partial charge >= 0.3 is 5.97 Å². The van der Waals surface area contributed by atoms with Gasteiger partial charge < -0.3 is 21.3 Å². The highest BCUT2D eigenvalue weighted by Crippen LogP contribution is 2.17. The number of aliphatic hydroxyl groups excluding tert-OH is 1. The Morgan fingerprint density at radius 2 is 1.95 bits per heavy atom. The van der Waals surface area contributed by atoms with E-state index < -0.39 is 23.5 Å². The fourth-order valence-electron chi connectivity index (χ4n) is 1.61. The number of carboxylic acids is 1. The van der Waals surface area contributed by atoms with Crippen molar-refractivity contribution in [2.24, 2.45) is 5.73 Å². The zero-order valence-corrected chi connectivity index (χ0v) is 10.7. The summed E-state index contributed by atoms with van der Waals surface area (Å²) in [6.07, 6.45) is -0.0635. The van der Waals surface area contributed by atoms with Crippen molar-refractivity contribution in [2.45, 2.75) is 24.9 Å². The van der Waals surface area contributed by atoms with Crippen molar-refractivity contribution in [1.29, 1.82) is 0 Å². The van der Waals surface area contributed by atoms with Gasteiger partial charge in [-0.15, -0.1) is 0 Å². The van der Waals surface area contributed by atoms with Gasteiger partial charge in [0.1, 0.15) is 11.6 Å². The van der Waals surface area contributed by atoms with E-state index >= 15 is 0 Å². The average Bonchev–Trinajstić information content (AvgIpc) is 2.38. The number of hydrogen-bond donors (Lipinski definition) is 4. The summed E-state index contributed by atoms with van der Waals surface area (Å²) in [6.45, 7) is 1.18. The topological polar surface area (TPSA) is 113 Å². The molecular weight excluding hydrogens is 248 g/mol. The molecule has 6 heteroatoms. The van der Waals surface area contributed by atoms with Gasteiger partial charge in [0.2, 0.25) is 5.91 Å². The number of aliphatic carboxylic acids is 1. The SMILES string of the molecule is CC(N)(C(=O)N[C@@H](CCO)C(=O)O)c1ccccc1. The van der Waals surface area contributed by atoms with Gasteiger partial charge in [-0.1, -0.05) is 30.3 Å². The van der Waals surface area contributed by atoms with Crippen LogP contribution in [0.3, 0.4) is 0 Å². The maximum atomic E-state index is 12.1. The van der Waals surface area contributed by atoms with Crippen molar-refractivity contribution < 1.29 is 19.8 Å². The van der Waals surface area contributed by atoms with Crippen LogP contribution < -0.4 is 11.1 Å². The molecule has 0 fully saturated rings. The Bertz CT molecular complexity index is 445. The second-order valence-electron chi connectivity index (χ2n) is 4.44. The van der Waals surface area contributed by atoms with E-state index in [-0.39, 0.29) is 13.0 Å². The number of carboxylic acid groups (broad SMARTS) is 1. The lowest BCUT2D eigenvalue weighted by Gasteiger charge is -2.26. The third-order valence-electron chi connectivity index (χ3n) is 2.87. The van der Waals surface area contributed by atoms with Crippen molar-refractivity contribution >= 4 is 11.9 Å². The fraction of sp³-hybridized carbons (Fsp3) is 0.385. The van der Waals surface area contributed by atoms with Gasteiger partial charge in [-0.25, -0.2) is 4.79 Å². The van der Waals surface area contributed by atoms with Crippen LogP contribution in [0.25, 0.3) is 0 Å². The molecule has 5 N–H and O–H groups in total. The van der Waals surface area contributed by atoms with E-state index in [1.165, 1.54) is 6.92 Å². The largest absolute Gasteiger partial charge is 0.480 e. The molecule has 1 aromatic rings. The average molecular weight is 266 g/mol. The van der Waals surface area contributed by atoms with Crippen molar-refractivity contribution in [1.82, 2.24) is 5.32 Å². The van der Waals surface area contributed by atoms with Crippen LogP contribution in [-0.2, 0) is 15.1 Å². The first-order chi connectivity index (χ1) is 8.89. The predicted molar refractivity (Wildman–Crippen MR) is 69.3 cm³/mol. The molecule has 19 heavy (non-hydrogen) atoms. The highest BCUT2D eigenvalue weighted by atomic mass is 16.4. The summed E-state index contributed by atoms with van der Waals surface area (Å²) in [5, 5.41) is 20.0. The molecule has 0 radical (unpaired) electrons. The van der Waals surface area contributed by atoms with Gasteiger partial charge in [0.15, 0.2) is 0 Å². The Labute approximate surface area is 111 Å². The van der Waals surface area contributed by atoms with Crippen molar-refractivity contribution in [3.8, 4) is 0 Å². The van der Waals surface area contributed by atoms with E-state index in [2.05, 4.69) is 5.32 Å². The molecule has 0 aliphatic heterocycles. The van der Waals surface area contributed by atoms with Crippen LogP contribution in [0.4, 0.5) is 0 Å². The smallest absolute Gasteiger partial charge is 0.326 e. The molecule has 2 atom stereocenters. The maximum Gasteiger partial charge on any atom is 0.326 e. The number of nitrogens with two attached hydrogens (primary N) is 1. The lowest BCUT2D eigenvalue weighted by Crippen LogP contribution is -2.54. The molecule has 0 saturated heterocycles. The first-order valence-electron chi connectivity index (χ1n) is 5.88. The van der Waals surface area contributed by atoms with Crippen molar-refractivity contribution in [3.63, 3.8) is 0 Å². The van der Waals surface area contributed by atoms with Gasteiger partial charge in [-0.2, -0.15) is 0 Å². The first kappa shape index (κ1) is 15.1. The molecule has 0 spiro atoms. The minimum absolute atomic E-state index is 0.0635. The molecule has 104 valence electrons. The molecule has 0 aromatic heterocycles. The predicted octanol–water partition coefficient (Wildman–Crippen LogP) is -0.188. The standard InChI is InChI=1S/C13H18N2O4/c1-13(14,9-5-3-2-4-6-9)12(19)15-10(7-8-16)11(17)18/h2-6,10,16H,7-8,14H2,1H3,(H,15,19)(H,17,18)/t10-,13?/m0/s1. The molecule has 6 nitrogen and oxygen atoms in total. The Kier molecular flexibility index (Phi) is 5.02. The van der Waals surface area contributed by atoms with Gasteiger partial charge in [0.25, 0.3) is 0 Å². The lowest BCUT2D eigenvalue weighted by molar-refractivity contribution is -0.143. The number of benzene rings is 1. The normalized spacial score (nSPS) is 15.3. The molecule has 0 bridgehead atoms. The summed E-state index contributed by atoms with van der Waals surface area (Å²) in [5.74, 6) is -1.80.